The summed E-state index contributed by atoms with van der Waals surface area (Å²) in [5.41, 5.74) is 1.66. The highest BCUT2D eigenvalue weighted by Crippen LogP contribution is 2.30. The Morgan fingerprint density at radius 2 is 2.00 bits per heavy atom. The number of ether oxygens (including phenoxy) is 2. The maximum absolute atomic E-state index is 14.5. The fourth-order valence-electron chi connectivity index (χ4n) is 5.48. The molecule has 6 rings (SSSR count). The van der Waals surface area contributed by atoms with Crippen molar-refractivity contribution in [2.75, 3.05) is 44.8 Å². The van der Waals surface area contributed by atoms with Crippen molar-refractivity contribution >= 4 is 16.6 Å². The molecule has 0 aliphatic carbocycles. The number of methoxy groups -OCH3 is 1. The minimum absolute atomic E-state index is 0.0370. The number of H-pyrrole nitrogens is 1. The highest BCUT2D eigenvalue weighted by molar-refractivity contribution is 5.80. The first-order valence-electron chi connectivity index (χ1n) is 12.9. The van der Waals surface area contributed by atoms with E-state index in [9.17, 15) is 9.18 Å². The number of nitrogens with one attached hydrogen (secondary N) is 1. The van der Waals surface area contributed by atoms with Crippen molar-refractivity contribution < 1.29 is 13.9 Å². The average Bonchev–Trinajstić information content (AvgIpc) is 3.62. The van der Waals surface area contributed by atoms with E-state index in [1.54, 1.807) is 23.9 Å². The molecule has 2 aliphatic heterocycles. The molecule has 2 aromatic carbocycles. The van der Waals surface area contributed by atoms with Crippen molar-refractivity contribution in [3.05, 3.63) is 76.1 Å². The number of piperazine rings is 1. The summed E-state index contributed by atoms with van der Waals surface area (Å²) in [4.78, 5) is 20.7. The van der Waals surface area contributed by atoms with Gasteiger partial charge >= 0.3 is 0 Å². The zero-order chi connectivity index (χ0) is 26.1. The summed E-state index contributed by atoms with van der Waals surface area (Å²) in [6, 6.07) is 13.8. The zero-order valence-corrected chi connectivity index (χ0v) is 21.2. The summed E-state index contributed by atoms with van der Waals surface area (Å²) in [6.45, 7) is 3.65. The number of para-hydroxylation sites is 1. The summed E-state index contributed by atoms with van der Waals surface area (Å²) < 4.78 is 27.5. The number of hydrogen-bond acceptors (Lipinski definition) is 8. The molecule has 2 saturated heterocycles. The van der Waals surface area contributed by atoms with Crippen LogP contribution < -0.4 is 15.2 Å². The van der Waals surface area contributed by atoms with Gasteiger partial charge in [0.15, 0.2) is 5.82 Å². The number of benzene rings is 2. The molecule has 0 radical (unpaired) electrons. The Morgan fingerprint density at radius 3 is 2.76 bits per heavy atom. The fraction of sp³-hybridized carbons (Fsp3) is 0.407. The van der Waals surface area contributed by atoms with Crippen LogP contribution in [0, 0.1) is 5.82 Å². The molecule has 0 saturated carbocycles. The van der Waals surface area contributed by atoms with Gasteiger partial charge in [-0.05, 0) is 59.7 Å². The number of rotatable bonds is 7. The first-order chi connectivity index (χ1) is 18.6. The molecule has 10 nitrogen and oxygen atoms in total. The van der Waals surface area contributed by atoms with Gasteiger partial charge in [0.2, 0.25) is 0 Å². The van der Waals surface area contributed by atoms with Crippen LogP contribution >= 0.6 is 0 Å². The molecule has 2 atom stereocenters. The third kappa shape index (κ3) is 4.74. The lowest BCUT2D eigenvalue weighted by molar-refractivity contribution is 0.0906. The van der Waals surface area contributed by atoms with Crippen molar-refractivity contribution in [1.82, 2.24) is 30.1 Å². The van der Waals surface area contributed by atoms with Crippen LogP contribution in [0.2, 0.25) is 0 Å². The minimum Gasteiger partial charge on any atom is -0.497 e. The third-order valence-corrected chi connectivity index (χ3v) is 7.45. The van der Waals surface area contributed by atoms with Gasteiger partial charge in [-0.15, -0.1) is 5.10 Å². The highest BCUT2D eigenvalue weighted by atomic mass is 19.1. The summed E-state index contributed by atoms with van der Waals surface area (Å²) in [5, 5.41) is 13.5. The summed E-state index contributed by atoms with van der Waals surface area (Å²) in [6.07, 6.45) is 1.99. The van der Waals surface area contributed by atoms with Crippen LogP contribution in [0.3, 0.4) is 0 Å². The van der Waals surface area contributed by atoms with Crippen LogP contribution in [0.5, 0.6) is 5.75 Å². The first kappa shape index (κ1) is 24.5. The van der Waals surface area contributed by atoms with Crippen LogP contribution in [0.15, 0.2) is 53.3 Å². The number of aromatic amines is 1. The molecule has 4 heterocycles. The standard InChI is InChI=1S/C27H30FN7O3/c1-37-19-8-9-23-18(15-19)16-21(27(36)29-23)25(26-30-31-32-35(26)17-20-5-4-14-38-20)34-12-10-33(11-13-34)24-7-3-2-6-22(24)28/h2-3,6-9,15-16,20,25H,4-5,10-14,17H2,1H3,(H,29,36). The average molecular weight is 520 g/mol. The smallest absolute Gasteiger partial charge is 0.253 e. The van der Waals surface area contributed by atoms with E-state index in [0.29, 0.717) is 55.5 Å². The Hall–Kier alpha value is -3.83. The van der Waals surface area contributed by atoms with Crippen LogP contribution in [-0.2, 0) is 11.3 Å². The molecule has 4 aromatic rings. The molecule has 0 spiro atoms. The van der Waals surface area contributed by atoms with E-state index in [1.807, 2.05) is 35.2 Å². The van der Waals surface area contributed by atoms with Crippen molar-refractivity contribution in [2.45, 2.75) is 31.5 Å². The Balaban J connectivity index is 1.38. The zero-order valence-electron chi connectivity index (χ0n) is 21.2. The van der Waals surface area contributed by atoms with Crippen LogP contribution in [0.4, 0.5) is 10.1 Å². The Morgan fingerprint density at radius 1 is 1.16 bits per heavy atom. The van der Waals surface area contributed by atoms with E-state index in [1.165, 1.54) is 6.07 Å². The lowest BCUT2D eigenvalue weighted by Gasteiger charge is -2.39. The van der Waals surface area contributed by atoms with Crippen molar-refractivity contribution in [3.63, 3.8) is 0 Å². The van der Waals surface area contributed by atoms with Crippen molar-refractivity contribution in [1.29, 1.82) is 0 Å². The van der Waals surface area contributed by atoms with E-state index in [0.717, 1.165) is 30.4 Å². The van der Waals surface area contributed by atoms with E-state index < -0.39 is 6.04 Å². The molecule has 0 bridgehead atoms. The van der Waals surface area contributed by atoms with E-state index in [4.69, 9.17) is 9.47 Å². The second-order valence-electron chi connectivity index (χ2n) is 9.74. The van der Waals surface area contributed by atoms with Crippen LogP contribution in [0.25, 0.3) is 10.9 Å². The van der Waals surface area contributed by atoms with Gasteiger partial charge < -0.3 is 19.4 Å². The molecule has 2 aliphatic rings. The molecule has 2 fully saturated rings. The van der Waals surface area contributed by atoms with E-state index in [2.05, 4.69) is 25.4 Å². The third-order valence-electron chi connectivity index (χ3n) is 7.45. The topological polar surface area (TPSA) is 101 Å². The maximum Gasteiger partial charge on any atom is 0.253 e. The number of nitrogens with zero attached hydrogens (tertiary/aromatic N) is 6. The number of pyridine rings is 1. The number of fused-ring (bicyclic) bond motifs is 1. The predicted molar refractivity (Wildman–Crippen MR) is 140 cm³/mol. The minimum atomic E-state index is -0.492. The van der Waals surface area contributed by atoms with Gasteiger partial charge in [0.1, 0.15) is 17.6 Å². The van der Waals surface area contributed by atoms with E-state index in [-0.39, 0.29) is 17.5 Å². The molecular formula is C27H30FN7O3. The molecule has 0 amide bonds. The molecule has 38 heavy (non-hydrogen) atoms. The van der Waals surface area contributed by atoms with E-state index >= 15 is 0 Å². The first-order valence-corrected chi connectivity index (χ1v) is 12.9. The molecule has 198 valence electrons. The summed E-state index contributed by atoms with van der Waals surface area (Å²) >= 11 is 0. The Kier molecular flexibility index (Phi) is 6.77. The molecule has 2 unspecified atom stereocenters. The summed E-state index contributed by atoms with van der Waals surface area (Å²) in [5.74, 6) is 1.05. The molecule has 2 aromatic heterocycles. The van der Waals surface area contributed by atoms with Gasteiger partial charge in [-0.2, -0.15) is 0 Å². The van der Waals surface area contributed by atoms with Gasteiger partial charge in [0, 0.05) is 49.3 Å². The SMILES string of the molecule is COc1ccc2[nH]c(=O)c(C(c3nnnn3CC3CCCO3)N3CCN(c4ccccc4F)CC3)cc2c1. The Labute approximate surface area is 219 Å². The maximum atomic E-state index is 14.5. The second-order valence-corrected chi connectivity index (χ2v) is 9.74. The van der Waals surface area contributed by atoms with Gasteiger partial charge in [-0.25, -0.2) is 9.07 Å². The van der Waals surface area contributed by atoms with Gasteiger partial charge in [-0.3, -0.25) is 9.69 Å². The molecule has 11 heteroatoms. The fourth-order valence-corrected chi connectivity index (χ4v) is 5.48. The lowest BCUT2D eigenvalue weighted by Crippen LogP contribution is -2.49. The van der Waals surface area contributed by atoms with Gasteiger partial charge in [0.05, 0.1) is 25.4 Å². The second kappa shape index (κ2) is 10.5. The number of halogens is 1. The lowest BCUT2D eigenvalue weighted by atomic mass is 10.0. The monoisotopic (exact) mass is 519 g/mol. The van der Waals surface area contributed by atoms with Crippen molar-refractivity contribution in [2.24, 2.45) is 0 Å². The highest BCUT2D eigenvalue weighted by Gasteiger charge is 2.34. The Bertz CT molecular complexity index is 1480. The predicted octanol–water partition coefficient (Wildman–Crippen LogP) is 2.75. The van der Waals surface area contributed by atoms with Gasteiger partial charge in [0.25, 0.3) is 5.56 Å². The largest absolute Gasteiger partial charge is 0.497 e. The molecule has 1 N–H and O–H groups in total. The number of hydrogen-bond donors (Lipinski definition) is 1. The molecular weight excluding hydrogens is 489 g/mol. The van der Waals surface area contributed by atoms with Crippen LogP contribution in [0.1, 0.15) is 30.3 Å². The number of aromatic nitrogens is 5. The number of anilines is 1. The quantitative estimate of drug-likeness (QED) is 0.398. The number of tetrazole rings is 1. The summed E-state index contributed by atoms with van der Waals surface area (Å²) in [7, 11) is 1.62. The van der Waals surface area contributed by atoms with Gasteiger partial charge in [-0.1, -0.05) is 12.1 Å². The van der Waals surface area contributed by atoms with Crippen LogP contribution in [-0.4, -0.2) is 76.1 Å². The van der Waals surface area contributed by atoms with Crippen molar-refractivity contribution in [3.8, 4) is 5.75 Å². The normalized spacial score (nSPS) is 19.2.